The van der Waals surface area contributed by atoms with E-state index in [1.165, 1.54) is 80.8 Å². The first kappa shape index (κ1) is 25.5. The number of methoxy groups -OCH3 is 1. The third kappa shape index (κ3) is 7.44. The highest BCUT2D eigenvalue weighted by molar-refractivity contribution is 5.93. The number of aryl methyl sites for hydroxylation is 1. The Morgan fingerprint density at radius 1 is 0.771 bits per heavy atom. The first-order chi connectivity index (χ1) is 17.0. The van der Waals surface area contributed by atoms with E-state index >= 15 is 0 Å². The molecule has 6 heteroatoms. The van der Waals surface area contributed by atoms with E-state index in [-0.39, 0.29) is 17.1 Å². The maximum atomic E-state index is 12.6. The van der Waals surface area contributed by atoms with Crippen LogP contribution in [0.3, 0.4) is 0 Å². The molecule has 180 valence electrons. The minimum absolute atomic E-state index is 0.168. The van der Waals surface area contributed by atoms with Crippen molar-refractivity contribution in [3.05, 3.63) is 89.0 Å². The van der Waals surface area contributed by atoms with Crippen molar-refractivity contribution in [1.82, 2.24) is 0 Å². The monoisotopic (exact) mass is 471 g/mol. The number of nitrogens with zero attached hydrogens (tertiary/aromatic N) is 1. The molecule has 0 radical (unpaired) electrons. The largest absolute Gasteiger partial charge is 0.493 e. The number of ether oxygens (including phenoxy) is 3. The molecule has 6 nitrogen and oxygen atoms in total. The zero-order valence-electron chi connectivity index (χ0n) is 20.1. The molecule has 0 aromatic heterocycles. The van der Waals surface area contributed by atoms with Crippen LogP contribution in [0.15, 0.2) is 66.7 Å². The Hall–Kier alpha value is -4.11. The second-order valence-corrected chi connectivity index (χ2v) is 8.14. The van der Waals surface area contributed by atoms with Crippen LogP contribution in [0.4, 0.5) is 0 Å². The van der Waals surface area contributed by atoms with Crippen molar-refractivity contribution in [2.24, 2.45) is 0 Å². The van der Waals surface area contributed by atoms with Gasteiger partial charge in [0, 0.05) is 0 Å². The molecule has 3 rings (SSSR count). The fourth-order valence-electron chi connectivity index (χ4n) is 3.54. The van der Waals surface area contributed by atoms with Gasteiger partial charge in [0.1, 0.15) is 5.75 Å². The molecular weight excluding hydrogens is 442 g/mol. The van der Waals surface area contributed by atoms with E-state index in [4.69, 9.17) is 19.5 Å². The molecule has 0 aliphatic carbocycles. The number of rotatable bonds is 11. The molecule has 0 aliphatic rings. The predicted octanol–water partition coefficient (Wildman–Crippen LogP) is 6.52. The number of hydrogen-bond donors (Lipinski definition) is 0. The zero-order chi connectivity index (χ0) is 25.0. The fraction of sp³-hybridized carbons (Fsp3) is 0.276. The van der Waals surface area contributed by atoms with Gasteiger partial charge in [0.05, 0.1) is 29.9 Å². The fourth-order valence-corrected chi connectivity index (χ4v) is 3.54. The summed E-state index contributed by atoms with van der Waals surface area (Å²) in [6.45, 7) is 2.21. The summed E-state index contributed by atoms with van der Waals surface area (Å²) in [4.78, 5) is 25.1. The summed E-state index contributed by atoms with van der Waals surface area (Å²) < 4.78 is 16.2. The molecule has 0 N–H and O–H groups in total. The van der Waals surface area contributed by atoms with Crippen molar-refractivity contribution in [3.63, 3.8) is 0 Å². The molecule has 0 fully saturated rings. The van der Waals surface area contributed by atoms with E-state index in [0.29, 0.717) is 16.9 Å². The summed E-state index contributed by atoms with van der Waals surface area (Å²) in [5.74, 6) is -0.296. The van der Waals surface area contributed by atoms with E-state index in [0.717, 1.165) is 12.8 Å². The van der Waals surface area contributed by atoms with Crippen molar-refractivity contribution < 1.29 is 23.8 Å². The number of benzene rings is 3. The van der Waals surface area contributed by atoms with Crippen molar-refractivity contribution in [1.29, 1.82) is 5.26 Å². The lowest BCUT2D eigenvalue weighted by atomic mass is 10.1. The molecule has 0 atom stereocenters. The van der Waals surface area contributed by atoms with Crippen LogP contribution >= 0.6 is 0 Å². The smallest absolute Gasteiger partial charge is 0.343 e. The number of carbonyl (C=O) groups is 2. The third-order valence-corrected chi connectivity index (χ3v) is 5.55. The lowest BCUT2D eigenvalue weighted by Crippen LogP contribution is -2.11. The van der Waals surface area contributed by atoms with Gasteiger partial charge in [-0.15, -0.1) is 0 Å². The Labute approximate surface area is 206 Å². The summed E-state index contributed by atoms with van der Waals surface area (Å²) in [5, 5.41) is 8.88. The molecule has 0 amide bonds. The Kier molecular flexibility index (Phi) is 9.44. The normalized spacial score (nSPS) is 10.3. The predicted molar refractivity (Wildman–Crippen MR) is 133 cm³/mol. The van der Waals surface area contributed by atoms with Gasteiger partial charge in [-0.1, -0.05) is 44.7 Å². The van der Waals surface area contributed by atoms with Crippen LogP contribution in [0, 0.1) is 11.3 Å². The second kappa shape index (κ2) is 13.0. The van der Waals surface area contributed by atoms with Crippen molar-refractivity contribution in [2.75, 3.05) is 7.11 Å². The van der Waals surface area contributed by atoms with Crippen LogP contribution in [-0.4, -0.2) is 19.0 Å². The van der Waals surface area contributed by atoms with Gasteiger partial charge in [-0.05, 0) is 73.0 Å². The molecule has 0 saturated carbocycles. The van der Waals surface area contributed by atoms with Crippen molar-refractivity contribution in [3.8, 4) is 23.3 Å². The van der Waals surface area contributed by atoms with Crippen LogP contribution in [0.5, 0.6) is 17.2 Å². The van der Waals surface area contributed by atoms with Gasteiger partial charge in [-0.2, -0.15) is 5.26 Å². The second-order valence-electron chi connectivity index (χ2n) is 8.14. The van der Waals surface area contributed by atoms with E-state index in [2.05, 4.69) is 6.92 Å². The van der Waals surface area contributed by atoms with E-state index in [1.807, 2.05) is 18.2 Å². The van der Waals surface area contributed by atoms with Crippen LogP contribution in [0.1, 0.15) is 70.9 Å². The molecule has 3 aromatic carbocycles. The Morgan fingerprint density at radius 3 is 2.09 bits per heavy atom. The zero-order valence-corrected chi connectivity index (χ0v) is 20.1. The minimum atomic E-state index is -0.603. The Morgan fingerprint density at radius 2 is 1.43 bits per heavy atom. The average molecular weight is 472 g/mol. The third-order valence-electron chi connectivity index (χ3n) is 5.55. The summed E-state index contributed by atoms with van der Waals surface area (Å²) in [7, 11) is 1.42. The molecule has 0 bridgehead atoms. The van der Waals surface area contributed by atoms with Gasteiger partial charge in [-0.25, -0.2) is 9.59 Å². The molecule has 35 heavy (non-hydrogen) atoms. The van der Waals surface area contributed by atoms with Gasteiger partial charge in [0.15, 0.2) is 11.5 Å². The highest BCUT2D eigenvalue weighted by atomic mass is 16.6. The number of nitriles is 1. The van der Waals surface area contributed by atoms with Crippen LogP contribution in [0.2, 0.25) is 0 Å². The summed E-state index contributed by atoms with van der Waals surface area (Å²) in [5.41, 5.74) is 2.22. The molecule has 0 saturated heterocycles. The van der Waals surface area contributed by atoms with Gasteiger partial charge in [0.2, 0.25) is 0 Å². The first-order valence-electron chi connectivity index (χ1n) is 11.8. The number of esters is 2. The first-order valence-corrected chi connectivity index (χ1v) is 11.8. The molecule has 0 aliphatic heterocycles. The number of hydrogen-bond acceptors (Lipinski definition) is 6. The van der Waals surface area contributed by atoms with E-state index < -0.39 is 11.9 Å². The topological polar surface area (TPSA) is 85.6 Å². The molecule has 0 unspecified atom stereocenters. The van der Waals surface area contributed by atoms with Gasteiger partial charge < -0.3 is 14.2 Å². The van der Waals surface area contributed by atoms with E-state index in [9.17, 15) is 9.59 Å². The van der Waals surface area contributed by atoms with Crippen LogP contribution in [0.25, 0.3) is 0 Å². The van der Waals surface area contributed by atoms with Crippen LogP contribution in [-0.2, 0) is 6.42 Å². The Balaban J connectivity index is 1.60. The molecule has 0 spiro atoms. The lowest BCUT2D eigenvalue weighted by Gasteiger charge is -2.11. The summed E-state index contributed by atoms with van der Waals surface area (Å²) >= 11 is 0. The van der Waals surface area contributed by atoms with Crippen LogP contribution < -0.4 is 14.2 Å². The molecule has 3 aromatic rings. The molecular formula is C29H29NO5. The van der Waals surface area contributed by atoms with Gasteiger partial charge in [0.25, 0.3) is 0 Å². The quantitative estimate of drug-likeness (QED) is 0.180. The average Bonchev–Trinajstić information content (AvgIpc) is 2.89. The Bertz CT molecular complexity index is 1180. The summed E-state index contributed by atoms with van der Waals surface area (Å²) in [6, 6.07) is 20.1. The SMILES string of the molecule is CCCCCCCc1ccc(OC(=O)c2ccc(OC(=O)c3ccc(C#N)cc3)c(OC)c2)cc1. The molecule has 0 heterocycles. The number of unbranched alkanes of at least 4 members (excludes halogenated alkanes) is 4. The number of carbonyl (C=O) groups excluding carboxylic acids is 2. The van der Waals surface area contributed by atoms with Crippen molar-refractivity contribution >= 4 is 11.9 Å². The summed E-state index contributed by atoms with van der Waals surface area (Å²) in [6.07, 6.45) is 7.17. The van der Waals surface area contributed by atoms with Crippen molar-refractivity contribution in [2.45, 2.75) is 45.4 Å². The highest BCUT2D eigenvalue weighted by Gasteiger charge is 2.16. The minimum Gasteiger partial charge on any atom is -0.493 e. The van der Waals surface area contributed by atoms with Gasteiger partial charge in [-0.3, -0.25) is 0 Å². The highest BCUT2D eigenvalue weighted by Crippen LogP contribution is 2.29. The van der Waals surface area contributed by atoms with Gasteiger partial charge >= 0.3 is 11.9 Å². The lowest BCUT2D eigenvalue weighted by molar-refractivity contribution is 0.0728. The standard InChI is InChI=1S/C29H29NO5/c1-3-4-5-6-7-8-21-11-16-25(17-12-21)34-29(32)24-15-18-26(27(19-24)33-2)35-28(31)23-13-9-22(20-30)10-14-23/h9-19H,3-8H2,1-2H3. The maximum absolute atomic E-state index is 12.6. The maximum Gasteiger partial charge on any atom is 0.343 e. The van der Waals surface area contributed by atoms with E-state index in [1.54, 1.807) is 12.1 Å².